The van der Waals surface area contributed by atoms with E-state index >= 15 is 0 Å². The van der Waals surface area contributed by atoms with Crippen molar-refractivity contribution in [3.8, 4) is 0 Å². The third kappa shape index (κ3) is 7.05. The van der Waals surface area contributed by atoms with E-state index in [1.165, 1.54) is 0 Å². The van der Waals surface area contributed by atoms with E-state index in [0.717, 1.165) is 12.1 Å². The molecule has 0 aliphatic carbocycles. The fourth-order valence-electron chi connectivity index (χ4n) is 0.581. The molecule has 70 valence electrons. The second-order valence-corrected chi connectivity index (χ2v) is 2.55. The summed E-state index contributed by atoms with van der Waals surface area (Å²) >= 11 is 0. The molecule has 0 aliphatic heterocycles. The van der Waals surface area contributed by atoms with Gasteiger partial charge in [0.05, 0.1) is 12.1 Å². The van der Waals surface area contributed by atoms with Gasteiger partial charge in [-0.15, -0.1) is 0 Å². The van der Waals surface area contributed by atoms with Gasteiger partial charge in [-0.05, 0) is 19.8 Å². The first-order valence-electron chi connectivity index (χ1n) is 4.04. The van der Waals surface area contributed by atoms with Crippen molar-refractivity contribution in [2.75, 3.05) is 6.61 Å². The zero-order chi connectivity index (χ0) is 9.40. The molecule has 4 heteroatoms. The Morgan fingerprint density at radius 3 is 2.67 bits per heavy atom. The van der Waals surface area contributed by atoms with Crippen molar-refractivity contribution < 1.29 is 14.7 Å². The molecule has 0 heterocycles. The van der Waals surface area contributed by atoms with Crippen LogP contribution in [0.1, 0.15) is 33.1 Å². The van der Waals surface area contributed by atoms with E-state index in [4.69, 9.17) is 9.94 Å². The van der Waals surface area contributed by atoms with Crippen LogP contribution in [0.4, 0.5) is 0 Å². The van der Waals surface area contributed by atoms with Crippen LogP contribution in [0.3, 0.4) is 0 Å². The van der Waals surface area contributed by atoms with Crippen molar-refractivity contribution in [3.63, 3.8) is 0 Å². The molecule has 0 bridgehead atoms. The first kappa shape index (κ1) is 10.9. The van der Waals surface area contributed by atoms with E-state index < -0.39 is 5.97 Å². The summed E-state index contributed by atoms with van der Waals surface area (Å²) in [6.07, 6.45) is 1.49. The summed E-state index contributed by atoms with van der Waals surface area (Å²) in [5, 5.41) is 12.1. The van der Waals surface area contributed by atoms with Crippen LogP contribution in [0.25, 0.3) is 0 Å². The van der Waals surface area contributed by atoms with Gasteiger partial charge in [0.2, 0.25) is 0 Å². The summed E-state index contributed by atoms with van der Waals surface area (Å²) in [7, 11) is 0. The Hall–Kier alpha value is -1.06. The van der Waals surface area contributed by atoms with Gasteiger partial charge < -0.3 is 9.94 Å². The first-order chi connectivity index (χ1) is 5.66. The van der Waals surface area contributed by atoms with Crippen LogP contribution < -0.4 is 0 Å². The Morgan fingerprint density at radius 1 is 1.50 bits per heavy atom. The van der Waals surface area contributed by atoms with Crippen molar-refractivity contribution in [1.29, 1.82) is 0 Å². The molecular formula is C8H15NO3. The summed E-state index contributed by atoms with van der Waals surface area (Å²) in [6.45, 7) is 4.34. The Balaban J connectivity index is 3.48. The number of rotatable bonds is 6. The van der Waals surface area contributed by atoms with Crippen molar-refractivity contribution in [2.45, 2.75) is 33.1 Å². The van der Waals surface area contributed by atoms with E-state index in [-0.39, 0.29) is 6.42 Å². The number of aliphatic carboxylic acids is 1. The molecular weight excluding hydrogens is 158 g/mol. The van der Waals surface area contributed by atoms with E-state index in [2.05, 4.69) is 5.16 Å². The SMILES string of the molecule is CCCON=C(C)CCC(=O)O. The molecule has 0 aromatic carbocycles. The maximum absolute atomic E-state index is 10.1. The second-order valence-electron chi connectivity index (χ2n) is 2.55. The number of oxime groups is 1. The van der Waals surface area contributed by atoms with Crippen molar-refractivity contribution >= 4 is 11.7 Å². The summed E-state index contributed by atoms with van der Waals surface area (Å²) in [5.41, 5.74) is 0.728. The third-order valence-electron chi connectivity index (χ3n) is 1.22. The predicted octanol–water partition coefficient (Wildman–Crippen LogP) is 1.65. The van der Waals surface area contributed by atoms with Gasteiger partial charge in [-0.3, -0.25) is 4.79 Å². The lowest BCUT2D eigenvalue weighted by molar-refractivity contribution is -0.136. The highest BCUT2D eigenvalue weighted by atomic mass is 16.6. The molecule has 0 rings (SSSR count). The molecule has 0 fully saturated rings. The number of carboxylic acid groups (broad SMARTS) is 1. The molecule has 0 aromatic heterocycles. The highest BCUT2D eigenvalue weighted by Crippen LogP contribution is 1.94. The second kappa shape index (κ2) is 6.64. The van der Waals surface area contributed by atoms with Crippen molar-refractivity contribution in [1.82, 2.24) is 0 Å². The van der Waals surface area contributed by atoms with Crippen LogP contribution >= 0.6 is 0 Å². The molecule has 0 aliphatic rings. The number of carbonyl (C=O) groups is 1. The van der Waals surface area contributed by atoms with Gasteiger partial charge in [0.1, 0.15) is 6.61 Å². The molecule has 0 saturated heterocycles. The predicted molar refractivity (Wildman–Crippen MR) is 46.2 cm³/mol. The Kier molecular flexibility index (Phi) is 6.05. The summed E-state index contributed by atoms with van der Waals surface area (Å²) in [5.74, 6) is -0.806. The van der Waals surface area contributed by atoms with E-state index in [1.807, 2.05) is 6.92 Å². The maximum Gasteiger partial charge on any atom is 0.303 e. The minimum absolute atomic E-state index is 0.116. The lowest BCUT2D eigenvalue weighted by Crippen LogP contribution is -2.00. The van der Waals surface area contributed by atoms with Crippen molar-refractivity contribution in [3.05, 3.63) is 0 Å². The Bertz CT molecular complexity index is 166. The normalized spacial score (nSPS) is 11.3. The molecule has 0 amide bonds. The van der Waals surface area contributed by atoms with E-state index in [1.54, 1.807) is 6.92 Å². The quantitative estimate of drug-likeness (QED) is 0.377. The zero-order valence-corrected chi connectivity index (χ0v) is 7.54. The minimum atomic E-state index is -0.806. The van der Waals surface area contributed by atoms with Crippen LogP contribution in [-0.2, 0) is 9.63 Å². The van der Waals surface area contributed by atoms with Crippen LogP contribution in [0.5, 0.6) is 0 Å². The lowest BCUT2D eigenvalue weighted by atomic mass is 10.2. The fraction of sp³-hybridized carbons (Fsp3) is 0.750. The lowest BCUT2D eigenvalue weighted by Gasteiger charge is -1.98. The molecule has 0 saturated carbocycles. The van der Waals surface area contributed by atoms with Gasteiger partial charge >= 0.3 is 5.97 Å². The molecule has 0 radical (unpaired) electrons. The summed E-state index contributed by atoms with van der Waals surface area (Å²) in [6, 6.07) is 0. The summed E-state index contributed by atoms with van der Waals surface area (Å²) < 4.78 is 0. The van der Waals surface area contributed by atoms with Crippen LogP contribution in [0.2, 0.25) is 0 Å². The molecule has 0 aromatic rings. The van der Waals surface area contributed by atoms with Crippen LogP contribution in [0, 0.1) is 0 Å². The fourth-order valence-corrected chi connectivity index (χ4v) is 0.581. The maximum atomic E-state index is 10.1. The smallest absolute Gasteiger partial charge is 0.303 e. The topological polar surface area (TPSA) is 58.9 Å². The Morgan fingerprint density at radius 2 is 2.17 bits per heavy atom. The van der Waals surface area contributed by atoms with Crippen molar-refractivity contribution in [2.24, 2.45) is 5.16 Å². The van der Waals surface area contributed by atoms with Crippen LogP contribution in [-0.4, -0.2) is 23.4 Å². The average Bonchev–Trinajstić information content (AvgIpc) is 2.01. The van der Waals surface area contributed by atoms with Gasteiger partial charge in [-0.2, -0.15) is 0 Å². The standard InChI is InChI=1S/C8H15NO3/c1-3-6-12-9-7(2)4-5-8(10)11/h3-6H2,1-2H3,(H,10,11). The number of hydrogen-bond acceptors (Lipinski definition) is 3. The van der Waals surface area contributed by atoms with E-state index in [9.17, 15) is 4.79 Å². The first-order valence-corrected chi connectivity index (χ1v) is 4.04. The van der Waals surface area contributed by atoms with Gasteiger partial charge in [0.15, 0.2) is 0 Å². The highest BCUT2D eigenvalue weighted by molar-refractivity contribution is 5.84. The number of carboxylic acids is 1. The zero-order valence-electron chi connectivity index (χ0n) is 7.54. The number of nitrogens with zero attached hydrogens (tertiary/aromatic N) is 1. The molecule has 0 spiro atoms. The monoisotopic (exact) mass is 173 g/mol. The minimum Gasteiger partial charge on any atom is -0.481 e. The van der Waals surface area contributed by atoms with Gasteiger partial charge in [-0.1, -0.05) is 12.1 Å². The van der Waals surface area contributed by atoms with E-state index in [0.29, 0.717) is 13.0 Å². The third-order valence-corrected chi connectivity index (χ3v) is 1.22. The highest BCUT2D eigenvalue weighted by Gasteiger charge is 1.98. The van der Waals surface area contributed by atoms with Crippen LogP contribution in [0.15, 0.2) is 5.16 Å². The Labute approximate surface area is 72.2 Å². The van der Waals surface area contributed by atoms with Gasteiger partial charge in [0, 0.05) is 0 Å². The van der Waals surface area contributed by atoms with Gasteiger partial charge in [0.25, 0.3) is 0 Å². The number of hydrogen-bond donors (Lipinski definition) is 1. The summed E-state index contributed by atoms with van der Waals surface area (Å²) in [4.78, 5) is 15.0. The largest absolute Gasteiger partial charge is 0.481 e. The molecule has 4 nitrogen and oxygen atoms in total. The average molecular weight is 173 g/mol. The molecule has 0 atom stereocenters. The van der Waals surface area contributed by atoms with Gasteiger partial charge in [-0.25, -0.2) is 0 Å². The molecule has 1 N–H and O–H groups in total. The molecule has 12 heavy (non-hydrogen) atoms. The molecule has 0 unspecified atom stereocenters.